The molecule has 5 atom stereocenters. The summed E-state index contributed by atoms with van der Waals surface area (Å²) in [4.78, 5) is 58.7. The maximum Gasteiger partial charge on any atom is 0.410 e. The average Bonchev–Trinajstić information content (AvgIpc) is 3.90. The Morgan fingerprint density at radius 3 is 2.56 bits per heavy atom. The van der Waals surface area contributed by atoms with Crippen LogP contribution in [0.1, 0.15) is 75.8 Å². The van der Waals surface area contributed by atoms with Crippen LogP contribution in [-0.4, -0.2) is 77.1 Å². The van der Waals surface area contributed by atoms with Gasteiger partial charge < -0.3 is 26.0 Å². The first kappa shape index (κ1) is 35.7. The molecule has 2 aliphatic carbocycles. The molecule has 0 aromatic heterocycles. The molecule has 5 aliphatic rings. The summed E-state index contributed by atoms with van der Waals surface area (Å²) in [6.45, 7) is 1.68. The van der Waals surface area contributed by atoms with E-state index in [2.05, 4.69) is 15.4 Å². The number of fused-ring (bicyclic) bond motifs is 3. The van der Waals surface area contributed by atoms with E-state index in [0.29, 0.717) is 48.2 Å². The second-order valence-electron chi connectivity index (χ2n) is 15.0. The molecule has 15 heteroatoms. The molecular formula is C37H45FN6O7S. The topological polar surface area (TPSA) is 180 Å². The van der Waals surface area contributed by atoms with Gasteiger partial charge in [-0.2, -0.15) is 0 Å². The minimum Gasteiger partial charge on any atom is -0.444 e. The second kappa shape index (κ2) is 13.7. The van der Waals surface area contributed by atoms with Gasteiger partial charge >= 0.3 is 6.09 Å². The van der Waals surface area contributed by atoms with Crippen LogP contribution in [0.15, 0.2) is 54.6 Å². The fraction of sp³-hybridized carbons (Fsp3) is 0.514. The van der Waals surface area contributed by atoms with E-state index in [0.717, 1.165) is 19.3 Å². The Morgan fingerprint density at radius 2 is 1.83 bits per heavy atom. The number of nitrogens with one attached hydrogen (secondary N) is 3. The third kappa shape index (κ3) is 7.06. The first-order valence-corrected chi connectivity index (χ1v) is 19.5. The standard InChI is InChI=1S/C37H45FN6O7S/c1-36(16-17-36)52(49,50)42-34(47)37-19-24(37)9-5-3-2-4-6-11-30(40-26-14-12-25(39)13-15-26)33(46)44-21-27(18-31(44)32(45)41-37)51-35(48)43-20-23-8-7-10-29(38)28(23)22-43/h5,7-10,12-15,24,27,30-31,40H,2-4,6,11,16-22,39H2,1H3,(H,41,45)(H,42,47)/t24-,27-,30+,31+,37-/m1/s1. The summed E-state index contributed by atoms with van der Waals surface area (Å²) < 4.78 is 47.7. The van der Waals surface area contributed by atoms with Crippen molar-refractivity contribution in [3.63, 3.8) is 0 Å². The summed E-state index contributed by atoms with van der Waals surface area (Å²) in [6.07, 6.45) is 6.79. The highest BCUT2D eigenvalue weighted by Crippen LogP contribution is 2.47. The number of halogens is 1. The molecule has 0 spiro atoms. The Balaban J connectivity index is 1.15. The van der Waals surface area contributed by atoms with Crippen LogP contribution in [0.3, 0.4) is 0 Å². The molecular weight excluding hydrogens is 692 g/mol. The number of ether oxygens (including phenoxy) is 1. The smallest absolute Gasteiger partial charge is 0.410 e. The molecule has 7 rings (SSSR count). The van der Waals surface area contributed by atoms with Gasteiger partial charge in [0, 0.05) is 35.8 Å². The van der Waals surface area contributed by atoms with Gasteiger partial charge in [-0.15, -0.1) is 0 Å². The number of carbonyl (C=O) groups excluding carboxylic acids is 4. The van der Waals surface area contributed by atoms with Crippen LogP contribution >= 0.6 is 0 Å². The summed E-state index contributed by atoms with van der Waals surface area (Å²) in [5, 5.41) is 6.16. The van der Waals surface area contributed by atoms with Crippen molar-refractivity contribution in [3.05, 3.63) is 71.6 Å². The van der Waals surface area contributed by atoms with Gasteiger partial charge in [-0.05, 0) is 81.3 Å². The molecule has 2 saturated carbocycles. The lowest BCUT2D eigenvalue weighted by atomic mass is 10.0. The number of sulfonamides is 1. The molecule has 13 nitrogen and oxygen atoms in total. The van der Waals surface area contributed by atoms with Gasteiger partial charge in [-0.25, -0.2) is 17.6 Å². The molecule has 3 fully saturated rings. The Bertz CT molecular complexity index is 1900. The maximum atomic E-state index is 14.5. The van der Waals surface area contributed by atoms with Crippen molar-refractivity contribution in [3.8, 4) is 0 Å². The molecule has 52 heavy (non-hydrogen) atoms. The van der Waals surface area contributed by atoms with Gasteiger partial charge in [0.1, 0.15) is 29.5 Å². The van der Waals surface area contributed by atoms with Gasteiger partial charge in [0.2, 0.25) is 21.8 Å². The number of anilines is 2. The lowest BCUT2D eigenvalue weighted by Crippen LogP contribution is -2.58. The monoisotopic (exact) mass is 736 g/mol. The molecule has 0 radical (unpaired) electrons. The quantitative estimate of drug-likeness (QED) is 0.254. The van der Waals surface area contributed by atoms with E-state index in [1.807, 2.05) is 12.2 Å². The van der Waals surface area contributed by atoms with Crippen molar-refractivity contribution in [2.75, 3.05) is 17.6 Å². The summed E-state index contributed by atoms with van der Waals surface area (Å²) >= 11 is 0. The predicted molar refractivity (Wildman–Crippen MR) is 190 cm³/mol. The fourth-order valence-corrected chi connectivity index (χ4v) is 8.77. The fourth-order valence-electron chi connectivity index (χ4n) is 7.45. The lowest BCUT2D eigenvalue weighted by molar-refractivity contribution is -0.140. The number of nitrogens with zero attached hydrogens (tertiary/aromatic N) is 2. The minimum absolute atomic E-state index is 0.0300. The van der Waals surface area contributed by atoms with Crippen LogP contribution < -0.4 is 21.1 Å². The molecule has 3 heterocycles. The number of hydrogen-bond acceptors (Lipinski definition) is 9. The van der Waals surface area contributed by atoms with E-state index >= 15 is 0 Å². The molecule has 2 aromatic carbocycles. The van der Waals surface area contributed by atoms with Crippen molar-refractivity contribution in [2.24, 2.45) is 5.92 Å². The normalized spacial score (nSPS) is 28.3. The van der Waals surface area contributed by atoms with Crippen LogP contribution in [0.5, 0.6) is 0 Å². The number of nitrogens with two attached hydrogens (primary N) is 1. The van der Waals surface area contributed by atoms with Gasteiger partial charge in [0.05, 0.1) is 17.8 Å². The van der Waals surface area contributed by atoms with E-state index in [1.165, 1.54) is 15.9 Å². The zero-order valence-corrected chi connectivity index (χ0v) is 29.9. The van der Waals surface area contributed by atoms with E-state index in [4.69, 9.17) is 10.5 Å². The largest absolute Gasteiger partial charge is 0.444 e. The first-order chi connectivity index (χ1) is 24.8. The van der Waals surface area contributed by atoms with Crippen LogP contribution in [0, 0.1) is 11.7 Å². The van der Waals surface area contributed by atoms with Gasteiger partial charge in [-0.1, -0.05) is 37.1 Å². The summed E-state index contributed by atoms with van der Waals surface area (Å²) in [7, 11) is -3.99. The first-order valence-electron chi connectivity index (χ1n) is 18.0. The number of nitrogen functional groups attached to an aromatic ring is 1. The molecule has 1 saturated heterocycles. The predicted octanol–water partition coefficient (Wildman–Crippen LogP) is 3.70. The van der Waals surface area contributed by atoms with Crippen molar-refractivity contribution in [2.45, 2.75) is 106 Å². The molecule has 3 aliphatic heterocycles. The Labute approximate surface area is 302 Å². The number of rotatable bonds is 6. The number of benzene rings is 2. The lowest BCUT2D eigenvalue weighted by Gasteiger charge is -2.30. The highest BCUT2D eigenvalue weighted by molar-refractivity contribution is 7.91. The van der Waals surface area contributed by atoms with Crippen LogP contribution in [0.2, 0.25) is 0 Å². The SMILES string of the molecule is CC1(S(=O)(=O)NC(=O)[C@@]23C[C@H]2C=CCCCCC[C@H](Nc2ccc(N)cc2)C(=O)N2C[C@H](OC(=O)N4Cc5cccc(F)c5C4)C[C@H]2C(=O)N3)CC1. The van der Waals surface area contributed by atoms with Crippen LogP contribution in [-0.2, 0) is 42.2 Å². The molecule has 0 unspecified atom stereocenters. The number of amides is 4. The molecule has 278 valence electrons. The van der Waals surface area contributed by atoms with Crippen LogP contribution in [0.25, 0.3) is 0 Å². The second-order valence-corrected chi connectivity index (χ2v) is 17.2. The zero-order chi connectivity index (χ0) is 36.8. The van der Waals surface area contributed by atoms with Gasteiger partial charge in [-0.3, -0.25) is 24.0 Å². The third-order valence-corrected chi connectivity index (χ3v) is 13.3. The maximum absolute atomic E-state index is 14.5. The average molecular weight is 737 g/mol. The molecule has 2 aromatic rings. The van der Waals surface area contributed by atoms with E-state index < -0.39 is 68.1 Å². The Hall–Kier alpha value is -4.66. The van der Waals surface area contributed by atoms with E-state index in [9.17, 15) is 32.0 Å². The number of carbonyl (C=O) groups is 4. The molecule has 0 bridgehead atoms. The Kier molecular flexibility index (Phi) is 9.42. The third-order valence-electron chi connectivity index (χ3n) is 11.2. The molecule has 5 N–H and O–H groups in total. The van der Waals surface area contributed by atoms with E-state index in [1.54, 1.807) is 43.3 Å². The molecule has 4 amide bonds. The van der Waals surface area contributed by atoms with Crippen molar-refractivity contribution in [1.82, 2.24) is 19.8 Å². The number of allylic oxidation sites excluding steroid dienone is 1. The van der Waals surface area contributed by atoms with Crippen molar-refractivity contribution in [1.29, 1.82) is 0 Å². The van der Waals surface area contributed by atoms with Crippen molar-refractivity contribution < 1.29 is 36.7 Å². The summed E-state index contributed by atoms with van der Waals surface area (Å²) in [5.74, 6) is -2.69. The van der Waals surface area contributed by atoms with Gasteiger partial charge in [0.25, 0.3) is 5.91 Å². The highest BCUT2D eigenvalue weighted by atomic mass is 32.2. The summed E-state index contributed by atoms with van der Waals surface area (Å²) in [6, 6.07) is 9.77. The zero-order valence-electron chi connectivity index (χ0n) is 29.1. The van der Waals surface area contributed by atoms with Gasteiger partial charge in [0.15, 0.2) is 0 Å². The number of hydrogen-bond donors (Lipinski definition) is 4. The van der Waals surface area contributed by atoms with Crippen LogP contribution in [0.4, 0.5) is 20.6 Å². The van der Waals surface area contributed by atoms with Crippen molar-refractivity contribution >= 4 is 45.2 Å². The van der Waals surface area contributed by atoms with E-state index in [-0.39, 0.29) is 38.4 Å². The highest BCUT2D eigenvalue weighted by Gasteiger charge is 2.63. The Morgan fingerprint density at radius 1 is 1.06 bits per heavy atom. The minimum atomic E-state index is -3.99. The summed E-state index contributed by atoms with van der Waals surface area (Å²) in [5.41, 5.74) is 6.68.